The van der Waals surface area contributed by atoms with Crippen molar-refractivity contribution in [3.05, 3.63) is 39.7 Å². The Bertz CT molecular complexity index is 1120. The first-order valence-corrected chi connectivity index (χ1v) is 11.7. The fourth-order valence-electron chi connectivity index (χ4n) is 4.31. The molecule has 10 nitrogen and oxygen atoms in total. The molecule has 0 saturated carbocycles. The molecule has 11 heteroatoms. The Labute approximate surface area is 194 Å². The van der Waals surface area contributed by atoms with Crippen molar-refractivity contribution in [1.29, 1.82) is 0 Å². The first-order chi connectivity index (χ1) is 15.7. The monoisotopic (exact) mass is 477 g/mol. The Morgan fingerprint density at radius 3 is 2.82 bits per heavy atom. The number of fused-ring (bicyclic) bond motifs is 1. The van der Waals surface area contributed by atoms with Crippen molar-refractivity contribution in [2.75, 3.05) is 31.4 Å². The smallest absolute Gasteiger partial charge is 0.341 e. The van der Waals surface area contributed by atoms with Crippen LogP contribution in [0, 0.1) is 0 Å². The normalized spacial score (nSPS) is 22.1. The van der Waals surface area contributed by atoms with Gasteiger partial charge in [-0.2, -0.15) is 0 Å². The first kappa shape index (κ1) is 23.2. The average molecular weight is 478 g/mol. The van der Waals surface area contributed by atoms with E-state index in [0.717, 1.165) is 12.0 Å². The summed E-state index contributed by atoms with van der Waals surface area (Å²) in [5, 5.41) is 14.3. The lowest BCUT2D eigenvalue weighted by Crippen LogP contribution is -2.36. The summed E-state index contributed by atoms with van der Waals surface area (Å²) in [5.41, 5.74) is 0.613. The highest BCUT2D eigenvalue weighted by Gasteiger charge is 2.36. The minimum absolute atomic E-state index is 0.0180. The number of anilines is 1. The van der Waals surface area contributed by atoms with Gasteiger partial charge in [0.25, 0.3) is 5.56 Å². The molecule has 4 rings (SSSR count). The fourth-order valence-corrected chi connectivity index (χ4v) is 5.42. The zero-order valence-electron chi connectivity index (χ0n) is 18.7. The molecule has 0 spiro atoms. The van der Waals surface area contributed by atoms with Gasteiger partial charge in [-0.25, -0.2) is 4.79 Å². The molecular weight excluding hydrogens is 450 g/mol. The number of methoxy groups -OCH3 is 1. The number of aromatic amines is 1. The van der Waals surface area contributed by atoms with Crippen molar-refractivity contribution in [1.82, 2.24) is 9.78 Å². The number of aromatic nitrogens is 2. The lowest BCUT2D eigenvalue weighted by atomic mass is 9.94. The molecule has 2 atom stereocenters. The number of carboxylic acids is 1. The maximum atomic E-state index is 13.1. The second-order valence-corrected chi connectivity index (χ2v) is 9.75. The highest BCUT2D eigenvalue weighted by molar-refractivity contribution is 8.00. The predicted molar refractivity (Wildman–Crippen MR) is 122 cm³/mol. The molecule has 2 aliphatic heterocycles. The Morgan fingerprint density at radius 2 is 2.12 bits per heavy atom. The highest BCUT2D eigenvalue weighted by Crippen LogP contribution is 2.44. The number of carboxylic acid groups (broad SMARTS) is 1. The maximum absolute atomic E-state index is 13.1. The maximum Gasteiger partial charge on any atom is 0.341 e. The minimum atomic E-state index is -1.10. The molecule has 0 unspecified atom stereocenters. The summed E-state index contributed by atoms with van der Waals surface area (Å²) < 4.78 is 18.3. The molecule has 1 amide bonds. The SMILES string of the molecule is COc1cc([C@H]2SCC(=O)Nc3c2c(=O)[nH]n3[C@H]2CCOC(C)(C)C2)ccc1OCC(=O)O. The number of nitrogens with one attached hydrogen (secondary N) is 2. The molecule has 0 radical (unpaired) electrons. The van der Waals surface area contributed by atoms with E-state index < -0.39 is 17.8 Å². The summed E-state index contributed by atoms with van der Waals surface area (Å²) in [6.45, 7) is 4.09. The summed E-state index contributed by atoms with van der Waals surface area (Å²) in [6.07, 6.45) is 1.42. The van der Waals surface area contributed by atoms with E-state index in [9.17, 15) is 14.4 Å². The predicted octanol–water partition coefficient (Wildman–Crippen LogP) is 2.55. The Morgan fingerprint density at radius 1 is 1.33 bits per heavy atom. The van der Waals surface area contributed by atoms with Gasteiger partial charge in [0.05, 0.1) is 35.3 Å². The van der Waals surface area contributed by atoms with Gasteiger partial charge in [0, 0.05) is 6.61 Å². The number of amides is 1. The molecule has 1 saturated heterocycles. The van der Waals surface area contributed by atoms with E-state index in [4.69, 9.17) is 19.3 Å². The van der Waals surface area contributed by atoms with Crippen molar-refractivity contribution < 1.29 is 28.9 Å². The molecule has 2 aromatic rings. The summed E-state index contributed by atoms with van der Waals surface area (Å²) in [7, 11) is 1.46. The van der Waals surface area contributed by atoms with Gasteiger partial charge < -0.3 is 24.6 Å². The van der Waals surface area contributed by atoms with Crippen LogP contribution in [0.2, 0.25) is 0 Å². The van der Waals surface area contributed by atoms with E-state index >= 15 is 0 Å². The first-order valence-electron chi connectivity index (χ1n) is 10.6. The standard InChI is InChI=1S/C22H27N3O7S/c1-22(2)9-13(6-7-32-22)25-20-18(21(29)24-25)19(33-11-16(26)23-20)12-4-5-14(15(8-12)30-3)31-10-17(27)28/h4-5,8,13,19H,6-7,9-11H2,1-3H3,(H,23,26)(H,24,29)(H,27,28)/t13-,19+/m0/s1. The molecule has 2 aliphatic rings. The summed E-state index contributed by atoms with van der Waals surface area (Å²) in [5.74, 6) is 0.00877. The van der Waals surface area contributed by atoms with Crippen molar-refractivity contribution >= 4 is 29.5 Å². The van der Waals surface area contributed by atoms with Gasteiger partial charge >= 0.3 is 5.97 Å². The average Bonchev–Trinajstić information content (AvgIpc) is 2.96. The lowest BCUT2D eigenvalue weighted by Gasteiger charge is -2.36. The Balaban J connectivity index is 1.74. The number of ether oxygens (including phenoxy) is 3. The number of aliphatic carboxylic acids is 1. The van der Waals surface area contributed by atoms with Crippen LogP contribution in [0.1, 0.15) is 49.1 Å². The van der Waals surface area contributed by atoms with E-state index in [-0.39, 0.29) is 34.6 Å². The van der Waals surface area contributed by atoms with Crippen LogP contribution in [0.3, 0.4) is 0 Å². The second kappa shape index (κ2) is 9.14. The second-order valence-electron chi connectivity index (χ2n) is 8.66. The van der Waals surface area contributed by atoms with Crippen LogP contribution in [0.4, 0.5) is 5.82 Å². The molecule has 0 bridgehead atoms. The van der Waals surface area contributed by atoms with Gasteiger partial charge in [-0.15, -0.1) is 11.8 Å². The van der Waals surface area contributed by atoms with Gasteiger partial charge in [-0.05, 0) is 44.4 Å². The molecule has 1 aromatic carbocycles. The van der Waals surface area contributed by atoms with E-state index in [1.54, 1.807) is 22.9 Å². The van der Waals surface area contributed by atoms with Gasteiger partial charge in [0.1, 0.15) is 5.82 Å². The molecule has 33 heavy (non-hydrogen) atoms. The van der Waals surface area contributed by atoms with Crippen molar-refractivity contribution in [3.8, 4) is 11.5 Å². The summed E-state index contributed by atoms with van der Waals surface area (Å²) in [4.78, 5) is 36.5. The van der Waals surface area contributed by atoms with E-state index in [0.29, 0.717) is 30.2 Å². The van der Waals surface area contributed by atoms with Gasteiger partial charge in [-0.1, -0.05) is 6.07 Å². The van der Waals surface area contributed by atoms with E-state index in [2.05, 4.69) is 10.4 Å². The van der Waals surface area contributed by atoms with Crippen molar-refractivity contribution in [3.63, 3.8) is 0 Å². The van der Waals surface area contributed by atoms with Gasteiger partial charge in [-0.3, -0.25) is 19.4 Å². The Hall–Kier alpha value is -2.92. The zero-order valence-corrected chi connectivity index (χ0v) is 19.5. The number of thioether (sulfide) groups is 1. The topological polar surface area (TPSA) is 132 Å². The van der Waals surface area contributed by atoms with E-state index in [1.165, 1.54) is 18.9 Å². The van der Waals surface area contributed by atoms with E-state index in [1.807, 2.05) is 13.8 Å². The van der Waals surface area contributed by atoms with Crippen LogP contribution >= 0.6 is 11.8 Å². The number of hydrogen-bond acceptors (Lipinski definition) is 7. The van der Waals surface area contributed by atoms with Crippen LogP contribution in [0.15, 0.2) is 23.0 Å². The van der Waals surface area contributed by atoms with Crippen LogP contribution in [-0.4, -0.2) is 58.4 Å². The summed E-state index contributed by atoms with van der Waals surface area (Å²) >= 11 is 1.34. The van der Waals surface area contributed by atoms with Crippen molar-refractivity contribution in [2.45, 2.75) is 43.6 Å². The third kappa shape index (κ3) is 4.88. The lowest BCUT2D eigenvalue weighted by molar-refractivity contribution is -0.139. The molecule has 3 heterocycles. The number of rotatable bonds is 6. The number of benzene rings is 1. The van der Waals surface area contributed by atoms with Gasteiger partial charge in [0.2, 0.25) is 5.91 Å². The molecule has 3 N–H and O–H groups in total. The van der Waals surface area contributed by atoms with Crippen LogP contribution < -0.4 is 20.3 Å². The number of nitrogens with zero attached hydrogens (tertiary/aromatic N) is 1. The third-order valence-corrected chi connectivity index (χ3v) is 7.01. The number of H-pyrrole nitrogens is 1. The van der Waals surface area contributed by atoms with Crippen LogP contribution in [0.25, 0.3) is 0 Å². The zero-order chi connectivity index (χ0) is 23.8. The van der Waals surface area contributed by atoms with Crippen molar-refractivity contribution in [2.24, 2.45) is 0 Å². The van der Waals surface area contributed by atoms with Gasteiger partial charge in [0.15, 0.2) is 18.1 Å². The molecule has 1 fully saturated rings. The Kier molecular flexibility index (Phi) is 6.44. The van der Waals surface area contributed by atoms with Crippen LogP contribution in [0.5, 0.6) is 11.5 Å². The molecule has 1 aromatic heterocycles. The largest absolute Gasteiger partial charge is 0.493 e. The summed E-state index contributed by atoms with van der Waals surface area (Å²) in [6, 6.07) is 5.06. The third-order valence-electron chi connectivity index (χ3n) is 5.74. The fraction of sp³-hybridized carbons (Fsp3) is 0.500. The highest BCUT2D eigenvalue weighted by atomic mass is 32.2. The number of hydrogen-bond donors (Lipinski definition) is 3. The quantitative estimate of drug-likeness (QED) is 0.578. The minimum Gasteiger partial charge on any atom is -0.493 e. The number of carbonyl (C=O) groups excluding carboxylic acids is 1. The van der Waals surface area contributed by atoms with Crippen LogP contribution in [-0.2, 0) is 14.3 Å². The molecule has 0 aliphatic carbocycles. The number of carbonyl (C=O) groups is 2. The molecule has 178 valence electrons. The molecular formula is C22H27N3O7S.